The van der Waals surface area contributed by atoms with Crippen LogP contribution in [0.15, 0.2) is 77.9 Å². The van der Waals surface area contributed by atoms with E-state index in [2.05, 4.69) is 15.3 Å². The van der Waals surface area contributed by atoms with Gasteiger partial charge in [0.05, 0.1) is 19.2 Å². The number of pyridine rings is 3. The lowest BCUT2D eigenvalue weighted by atomic mass is 10.1. The molecule has 3 heterocycles. The van der Waals surface area contributed by atoms with Crippen molar-refractivity contribution in [3.8, 4) is 28.8 Å². The lowest BCUT2D eigenvalue weighted by Crippen LogP contribution is -2.29. The van der Waals surface area contributed by atoms with Crippen molar-refractivity contribution < 1.29 is 27.8 Å². The van der Waals surface area contributed by atoms with Crippen molar-refractivity contribution in [3.63, 3.8) is 0 Å². The van der Waals surface area contributed by atoms with Crippen LogP contribution in [0.25, 0.3) is 16.7 Å². The van der Waals surface area contributed by atoms with Crippen molar-refractivity contribution in [1.29, 1.82) is 0 Å². The molecule has 9 nitrogen and oxygen atoms in total. The number of methoxy groups -OCH3 is 1. The van der Waals surface area contributed by atoms with Crippen molar-refractivity contribution in [2.45, 2.75) is 13.8 Å². The summed E-state index contributed by atoms with van der Waals surface area (Å²) in [5, 5.41) is 2.56. The number of carbonyl (C=O) groups excluding carboxylic acids is 1. The van der Waals surface area contributed by atoms with E-state index in [0.717, 1.165) is 6.07 Å². The SMILES string of the molecule is CCOc1nc2c(Oc3ccc(NC(=O)c4c(C)ccn(-c5ccc(F)cc5)c4=O)cc3F)ccnc2cc1OC. The molecular weight excluding hydrogens is 534 g/mol. The van der Waals surface area contributed by atoms with Crippen LogP contribution >= 0.6 is 0 Å². The highest BCUT2D eigenvalue weighted by Gasteiger charge is 2.19. The van der Waals surface area contributed by atoms with Gasteiger partial charge in [0.15, 0.2) is 23.1 Å². The number of nitrogens with one attached hydrogen (secondary N) is 1. The first-order chi connectivity index (χ1) is 19.8. The predicted octanol–water partition coefficient (Wildman–Crippen LogP) is 5.82. The molecular formula is C30H24F2N4O5. The fraction of sp³-hybridized carbons (Fsp3) is 0.133. The number of amides is 1. The largest absolute Gasteiger partial charge is 0.491 e. The molecule has 0 aliphatic carbocycles. The topological polar surface area (TPSA) is 105 Å². The zero-order chi connectivity index (χ0) is 29.1. The molecule has 1 N–H and O–H groups in total. The van der Waals surface area contributed by atoms with Gasteiger partial charge in [0.25, 0.3) is 17.3 Å². The molecule has 0 atom stereocenters. The summed E-state index contributed by atoms with van der Waals surface area (Å²) in [4.78, 5) is 34.9. The Morgan fingerprint density at radius 1 is 1.00 bits per heavy atom. The second-order valence-electron chi connectivity index (χ2n) is 8.83. The van der Waals surface area contributed by atoms with Gasteiger partial charge in [-0.25, -0.2) is 13.8 Å². The van der Waals surface area contributed by atoms with Gasteiger partial charge >= 0.3 is 0 Å². The summed E-state index contributed by atoms with van der Waals surface area (Å²) in [7, 11) is 1.49. The van der Waals surface area contributed by atoms with Crippen LogP contribution in [0.4, 0.5) is 14.5 Å². The Morgan fingerprint density at radius 2 is 1.78 bits per heavy atom. The minimum absolute atomic E-state index is 0.108. The number of ether oxygens (including phenoxy) is 3. The Labute approximate surface area is 233 Å². The molecule has 0 saturated heterocycles. The molecule has 1 amide bonds. The molecule has 0 aliphatic rings. The van der Waals surface area contributed by atoms with E-state index in [1.807, 2.05) is 6.92 Å². The van der Waals surface area contributed by atoms with Crippen molar-refractivity contribution in [2.24, 2.45) is 0 Å². The number of hydrogen-bond donors (Lipinski definition) is 1. The monoisotopic (exact) mass is 558 g/mol. The number of aromatic nitrogens is 3. The first kappa shape index (κ1) is 27.3. The molecule has 208 valence electrons. The molecule has 0 saturated carbocycles. The molecule has 0 aliphatic heterocycles. The summed E-state index contributed by atoms with van der Waals surface area (Å²) < 4.78 is 46.4. The van der Waals surface area contributed by atoms with E-state index in [-0.39, 0.29) is 28.6 Å². The molecule has 5 aromatic rings. The minimum Gasteiger partial charge on any atom is -0.491 e. The van der Waals surface area contributed by atoms with Crippen molar-refractivity contribution in [1.82, 2.24) is 14.5 Å². The molecule has 5 rings (SSSR count). The van der Waals surface area contributed by atoms with Crippen molar-refractivity contribution in [2.75, 3.05) is 19.0 Å². The van der Waals surface area contributed by atoms with Gasteiger partial charge in [-0.2, -0.15) is 0 Å². The highest BCUT2D eigenvalue weighted by Crippen LogP contribution is 2.35. The van der Waals surface area contributed by atoms with Crippen LogP contribution in [0.5, 0.6) is 23.1 Å². The number of carbonyl (C=O) groups is 1. The maximum Gasteiger partial charge on any atom is 0.268 e. The molecule has 0 spiro atoms. The molecule has 3 aromatic heterocycles. The van der Waals surface area contributed by atoms with Crippen LogP contribution in [0, 0.1) is 18.6 Å². The second-order valence-corrected chi connectivity index (χ2v) is 8.83. The molecule has 11 heteroatoms. The molecule has 41 heavy (non-hydrogen) atoms. The standard InChI is InChI=1S/C30H24F2N4O5/c1-4-40-29-25(39-3)16-22-27(35-29)24(11-13-33-22)41-23-10-7-19(15-21(23)32)34-28(37)26-17(2)12-14-36(30(26)38)20-8-5-18(31)6-9-20/h5-16H,4H2,1-3H3,(H,34,37). The quantitative estimate of drug-likeness (QED) is 0.256. The Kier molecular flexibility index (Phi) is 7.59. The number of halogens is 2. The smallest absolute Gasteiger partial charge is 0.268 e. The van der Waals surface area contributed by atoms with E-state index in [4.69, 9.17) is 14.2 Å². The van der Waals surface area contributed by atoms with Crippen LogP contribution < -0.4 is 25.1 Å². The number of aryl methyl sites for hydroxylation is 1. The Hall–Kier alpha value is -5.32. The van der Waals surface area contributed by atoms with Crippen LogP contribution in [0.3, 0.4) is 0 Å². The Bertz CT molecular complexity index is 1820. The summed E-state index contributed by atoms with van der Waals surface area (Å²) >= 11 is 0. The highest BCUT2D eigenvalue weighted by molar-refractivity contribution is 6.05. The van der Waals surface area contributed by atoms with E-state index in [1.165, 1.54) is 66.5 Å². The van der Waals surface area contributed by atoms with Gasteiger partial charge in [0.2, 0.25) is 0 Å². The normalized spacial score (nSPS) is 10.9. The molecule has 0 radical (unpaired) electrons. The number of rotatable bonds is 8. The van der Waals surface area contributed by atoms with Gasteiger partial charge < -0.3 is 19.5 Å². The maximum absolute atomic E-state index is 15.1. The number of anilines is 1. The number of fused-ring (bicyclic) bond motifs is 1. The summed E-state index contributed by atoms with van der Waals surface area (Å²) in [6.07, 6.45) is 2.99. The summed E-state index contributed by atoms with van der Waals surface area (Å²) in [5.41, 5.74) is 0.982. The van der Waals surface area contributed by atoms with Crippen LogP contribution in [-0.4, -0.2) is 34.2 Å². The minimum atomic E-state index is -0.764. The molecule has 0 unspecified atom stereocenters. The zero-order valence-electron chi connectivity index (χ0n) is 22.3. The molecule has 0 bridgehead atoms. The lowest BCUT2D eigenvalue weighted by molar-refractivity contribution is 0.102. The lowest BCUT2D eigenvalue weighted by Gasteiger charge is -2.13. The third kappa shape index (κ3) is 5.55. The molecule has 2 aromatic carbocycles. The van der Waals surface area contributed by atoms with Crippen LogP contribution in [0.1, 0.15) is 22.8 Å². The van der Waals surface area contributed by atoms with Gasteiger partial charge in [-0.3, -0.25) is 19.1 Å². The fourth-order valence-electron chi connectivity index (χ4n) is 4.16. The Morgan fingerprint density at radius 3 is 2.49 bits per heavy atom. The average Bonchev–Trinajstić information content (AvgIpc) is 2.95. The van der Waals surface area contributed by atoms with E-state index >= 15 is 4.39 Å². The van der Waals surface area contributed by atoms with Gasteiger partial charge in [-0.1, -0.05) is 0 Å². The van der Waals surface area contributed by atoms with E-state index in [1.54, 1.807) is 19.1 Å². The zero-order valence-corrected chi connectivity index (χ0v) is 22.3. The first-order valence-electron chi connectivity index (χ1n) is 12.5. The Balaban J connectivity index is 1.40. The van der Waals surface area contributed by atoms with Gasteiger partial charge in [-0.05, 0) is 61.9 Å². The van der Waals surface area contributed by atoms with Gasteiger partial charge in [-0.15, -0.1) is 0 Å². The summed E-state index contributed by atoms with van der Waals surface area (Å²) in [6.45, 7) is 3.78. The maximum atomic E-state index is 15.1. The van der Waals surface area contributed by atoms with Crippen LogP contribution in [0.2, 0.25) is 0 Å². The van der Waals surface area contributed by atoms with E-state index < -0.39 is 23.1 Å². The third-order valence-electron chi connectivity index (χ3n) is 6.15. The number of benzene rings is 2. The number of hydrogen-bond acceptors (Lipinski definition) is 7. The fourth-order valence-corrected chi connectivity index (χ4v) is 4.16. The van der Waals surface area contributed by atoms with Crippen molar-refractivity contribution in [3.05, 3.63) is 106 Å². The highest BCUT2D eigenvalue weighted by atomic mass is 19.1. The molecule has 0 fully saturated rings. The van der Waals surface area contributed by atoms with Gasteiger partial charge in [0.1, 0.15) is 16.9 Å². The first-order valence-corrected chi connectivity index (χ1v) is 12.5. The van der Waals surface area contributed by atoms with E-state index in [0.29, 0.717) is 34.6 Å². The summed E-state index contributed by atoms with van der Waals surface area (Å²) in [6, 6.07) is 13.9. The number of nitrogens with zero attached hydrogens (tertiary/aromatic N) is 3. The predicted molar refractivity (Wildman–Crippen MR) is 148 cm³/mol. The summed E-state index contributed by atoms with van der Waals surface area (Å²) in [5.74, 6) is -1.19. The average molecular weight is 559 g/mol. The second kappa shape index (κ2) is 11.4. The van der Waals surface area contributed by atoms with Gasteiger partial charge in [0, 0.05) is 42.0 Å². The van der Waals surface area contributed by atoms with E-state index in [9.17, 15) is 14.0 Å². The van der Waals surface area contributed by atoms with Crippen LogP contribution in [-0.2, 0) is 0 Å². The third-order valence-corrected chi connectivity index (χ3v) is 6.15. The van der Waals surface area contributed by atoms with Crippen molar-refractivity contribution >= 4 is 22.6 Å².